The molecule has 0 aromatic carbocycles. The van der Waals surface area contributed by atoms with Gasteiger partial charge in [0, 0.05) is 0 Å². The van der Waals surface area contributed by atoms with Crippen LogP contribution in [0.25, 0.3) is 0 Å². The number of hydrogen-bond donors (Lipinski definition) is 0. The highest BCUT2D eigenvalue weighted by atomic mass is 14.5. The van der Waals surface area contributed by atoms with Crippen molar-refractivity contribution in [2.24, 2.45) is 53.3 Å². The molecular formula is C25H44. The molecule has 25 heavy (non-hydrogen) atoms. The molecule has 5 atom stereocenters. The maximum Gasteiger partial charge on any atom is -0.0352 e. The van der Waals surface area contributed by atoms with Crippen molar-refractivity contribution in [3.05, 3.63) is 0 Å². The molecule has 4 fully saturated rings. The maximum absolute atomic E-state index is 2.64. The number of hydrogen-bond acceptors (Lipinski definition) is 0. The molecule has 0 nitrogen and oxygen atoms in total. The molecule has 0 radical (unpaired) electrons. The van der Waals surface area contributed by atoms with E-state index < -0.39 is 0 Å². The Balaban J connectivity index is 1.30. The van der Waals surface area contributed by atoms with Crippen molar-refractivity contribution in [3.8, 4) is 0 Å². The fourth-order valence-corrected chi connectivity index (χ4v) is 7.69. The molecule has 0 amide bonds. The van der Waals surface area contributed by atoms with Crippen molar-refractivity contribution < 1.29 is 0 Å². The molecule has 0 aromatic heterocycles. The summed E-state index contributed by atoms with van der Waals surface area (Å²) in [6, 6.07) is 0. The van der Waals surface area contributed by atoms with Gasteiger partial charge in [-0.05, 0) is 105 Å². The number of fused-ring (bicyclic) bond motifs is 1. The van der Waals surface area contributed by atoms with Gasteiger partial charge in [-0.1, -0.05) is 52.9 Å². The molecule has 0 spiro atoms. The van der Waals surface area contributed by atoms with Crippen LogP contribution < -0.4 is 0 Å². The summed E-state index contributed by atoms with van der Waals surface area (Å²) in [6.45, 7) is 7.52. The second kappa shape index (κ2) is 7.93. The summed E-state index contributed by atoms with van der Waals surface area (Å²) in [5.41, 5.74) is 0. The molecule has 0 aliphatic heterocycles. The van der Waals surface area contributed by atoms with Gasteiger partial charge in [-0.15, -0.1) is 0 Å². The van der Waals surface area contributed by atoms with Crippen LogP contribution in [0.15, 0.2) is 0 Å². The largest absolute Gasteiger partial charge is 0.0651 e. The number of rotatable bonds is 4. The smallest absolute Gasteiger partial charge is 0.0352 e. The third-order valence-electron chi connectivity index (χ3n) is 9.84. The van der Waals surface area contributed by atoms with Crippen molar-refractivity contribution in [3.63, 3.8) is 0 Å². The molecule has 4 aliphatic carbocycles. The van der Waals surface area contributed by atoms with Crippen LogP contribution >= 0.6 is 0 Å². The van der Waals surface area contributed by atoms with Crippen LogP contribution in [0.3, 0.4) is 0 Å². The summed E-state index contributed by atoms with van der Waals surface area (Å²) < 4.78 is 0. The van der Waals surface area contributed by atoms with Gasteiger partial charge in [0.2, 0.25) is 0 Å². The highest BCUT2D eigenvalue weighted by molar-refractivity contribution is 4.98. The highest BCUT2D eigenvalue weighted by Gasteiger charge is 2.48. The minimum Gasteiger partial charge on any atom is -0.0651 e. The fraction of sp³-hybridized carbons (Fsp3) is 1.00. The molecule has 4 saturated carbocycles. The van der Waals surface area contributed by atoms with Crippen LogP contribution in [0.4, 0.5) is 0 Å². The van der Waals surface area contributed by atoms with E-state index in [9.17, 15) is 0 Å². The molecule has 0 heterocycles. The van der Waals surface area contributed by atoms with Crippen molar-refractivity contribution in [1.82, 2.24) is 0 Å². The third-order valence-corrected chi connectivity index (χ3v) is 9.84. The lowest BCUT2D eigenvalue weighted by Gasteiger charge is -2.55. The molecule has 0 N–H and O–H groups in total. The van der Waals surface area contributed by atoms with Gasteiger partial charge in [0.05, 0.1) is 0 Å². The molecule has 0 bridgehead atoms. The zero-order valence-electron chi connectivity index (χ0n) is 17.4. The van der Waals surface area contributed by atoms with Gasteiger partial charge in [0.25, 0.3) is 0 Å². The minimum absolute atomic E-state index is 1.01. The van der Waals surface area contributed by atoms with Crippen LogP contribution in [-0.4, -0.2) is 0 Å². The van der Waals surface area contributed by atoms with Crippen molar-refractivity contribution >= 4 is 0 Å². The zero-order valence-corrected chi connectivity index (χ0v) is 17.4. The lowest BCUT2D eigenvalue weighted by molar-refractivity contribution is -0.0550. The molecule has 0 aromatic rings. The summed E-state index contributed by atoms with van der Waals surface area (Å²) in [6.07, 6.45) is 20.2. The Morgan fingerprint density at radius 2 is 1.28 bits per heavy atom. The van der Waals surface area contributed by atoms with Crippen molar-refractivity contribution in [2.45, 2.75) is 104 Å². The Labute approximate surface area is 157 Å². The fourth-order valence-electron chi connectivity index (χ4n) is 7.69. The second-order valence-electron chi connectivity index (χ2n) is 11.0. The van der Waals surface area contributed by atoms with E-state index in [0.717, 1.165) is 53.3 Å². The summed E-state index contributed by atoms with van der Waals surface area (Å²) >= 11 is 0. The first-order chi connectivity index (χ1) is 12.2. The van der Waals surface area contributed by atoms with E-state index in [1.807, 2.05) is 0 Å². The Kier molecular flexibility index (Phi) is 5.83. The SMILES string of the molecule is CCC1CCC(C2CC3CCC(C(C)C4CCC(C)CC4)CC32)CC1. The lowest BCUT2D eigenvalue weighted by atomic mass is 9.50. The van der Waals surface area contributed by atoms with Crippen LogP contribution in [0, 0.1) is 53.3 Å². The Bertz CT molecular complexity index is 410. The maximum atomic E-state index is 2.64. The van der Waals surface area contributed by atoms with Gasteiger partial charge in [-0.2, -0.15) is 0 Å². The summed E-state index contributed by atoms with van der Waals surface area (Å²) in [4.78, 5) is 0. The van der Waals surface area contributed by atoms with Gasteiger partial charge in [0.1, 0.15) is 0 Å². The topological polar surface area (TPSA) is 0 Å². The summed E-state index contributed by atoms with van der Waals surface area (Å²) in [5.74, 6) is 9.79. The highest BCUT2D eigenvalue weighted by Crippen LogP contribution is 2.58. The van der Waals surface area contributed by atoms with E-state index in [1.54, 1.807) is 51.4 Å². The molecular weight excluding hydrogens is 300 g/mol. The van der Waals surface area contributed by atoms with E-state index >= 15 is 0 Å². The quantitative estimate of drug-likeness (QED) is 0.489. The van der Waals surface area contributed by atoms with Crippen LogP contribution in [0.2, 0.25) is 0 Å². The van der Waals surface area contributed by atoms with Gasteiger partial charge in [-0.3, -0.25) is 0 Å². The van der Waals surface area contributed by atoms with Gasteiger partial charge in [-0.25, -0.2) is 0 Å². The second-order valence-corrected chi connectivity index (χ2v) is 11.0. The third kappa shape index (κ3) is 3.84. The molecule has 4 aliphatic rings. The average molecular weight is 345 g/mol. The molecule has 4 rings (SSSR count). The summed E-state index contributed by atoms with van der Waals surface area (Å²) in [7, 11) is 0. The first-order valence-corrected chi connectivity index (χ1v) is 12.2. The normalized spacial score (nSPS) is 49.1. The Morgan fingerprint density at radius 3 is 1.96 bits per heavy atom. The first-order valence-electron chi connectivity index (χ1n) is 12.2. The van der Waals surface area contributed by atoms with E-state index in [0.29, 0.717) is 0 Å². The zero-order chi connectivity index (χ0) is 17.4. The average Bonchev–Trinajstić information content (AvgIpc) is 2.63. The van der Waals surface area contributed by atoms with Gasteiger partial charge in [0.15, 0.2) is 0 Å². The molecule has 144 valence electrons. The monoisotopic (exact) mass is 344 g/mol. The van der Waals surface area contributed by atoms with E-state index in [2.05, 4.69) is 20.8 Å². The Hall–Kier alpha value is 0. The van der Waals surface area contributed by atoms with Gasteiger partial charge < -0.3 is 0 Å². The molecule has 0 saturated heterocycles. The predicted molar refractivity (Wildman–Crippen MR) is 108 cm³/mol. The minimum atomic E-state index is 1.01. The summed E-state index contributed by atoms with van der Waals surface area (Å²) in [5, 5.41) is 0. The predicted octanol–water partition coefficient (Wildman–Crippen LogP) is 7.72. The van der Waals surface area contributed by atoms with Crippen LogP contribution in [0.5, 0.6) is 0 Å². The first kappa shape index (κ1) is 18.4. The van der Waals surface area contributed by atoms with Crippen LogP contribution in [-0.2, 0) is 0 Å². The van der Waals surface area contributed by atoms with E-state index in [4.69, 9.17) is 0 Å². The lowest BCUT2D eigenvalue weighted by Crippen LogP contribution is -2.46. The molecule has 5 unspecified atom stereocenters. The van der Waals surface area contributed by atoms with E-state index in [1.165, 1.54) is 32.1 Å². The Morgan fingerprint density at radius 1 is 0.680 bits per heavy atom. The van der Waals surface area contributed by atoms with Crippen LogP contribution in [0.1, 0.15) is 104 Å². The molecule has 0 heteroatoms. The van der Waals surface area contributed by atoms with Gasteiger partial charge >= 0.3 is 0 Å². The van der Waals surface area contributed by atoms with Crippen molar-refractivity contribution in [2.75, 3.05) is 0 Å². The van der Waals surface area contributed by atoms with Crippen molar-refractivity contribution in [1.29, 1.82) is 0 Å². The standard InChI is InChI=1S/C25H44/c1-4-19-7-11-21(12-8-19)24-16-23-14-13-22(15-25(23)24)18(3)20-9-5-17(2)6-10-20/h17-25H,4-16H2,1-3H3. The van der Waals surface area contributed by atoms with E-state index in [-0.39, 0.29) is 0 Å².